The van der Waals surface area contributed by atoms with Gasteiger partial charge in [-0.2, -0.15) is 5.10 Å². The summed E-state index contributed by atoms with van der Waals surface area (Å²) in [6.45, 7) is 3.34. The smallest absolute Gasteiger partial charge is 0.279 e. The number of para-hydroxylation sites is 1. The van der Waals surface area contributed by atoms with E-state index in [1.807, 2.05) is 13.1 Å². The van der Waals surface area contributed by atoms with Crippen molar-refractivity contribution in [1.82, 2.24) is 14.8 Å². The van der Waals surface area contributed by atoms with Gasteiger partial charge in [0.05, 0.1) is 18.4 Å². The predicted molar refractivity (Wildman–Crippen MR) is 118 cm³/mol. The van der Waals surface area contributed by atoms with Crippen LogP contribution < -0.4 is 15.1 Å². The first-order valence-corrected chi connectivity index (χ1v) is 10.6. The van der Waals surface area contributed by atoms with Crippen molar-refractivity contribution in [2.75, 3.05) is 36.9 Å². The molecule has 0 aliphatic carbocycles. The van der Waals surface area contributed by atoms with Crippen molar-refractivity contribution in [3.05, 3.63) is 65.7 Å². The lowest BCUT2D eigenvalue weighted by molar-refractivity contribution is -0.885. The Kier molecular flexibility index (Phi) is 6.30. The monoisotopic (exact) mass is 425 g/mol. The van der Waals surface area contributed by atoms with Crippen molar-refractivity contribution in [2.24, 2.45) is 0 Å². The fraction of sp³-hybridized carbons (Fsp3) is 0.318. The summed E-state index contributed by atoms with van der Waals surface area (Å²) in [4.78, 5) is 20.3. The average Bonchev–Trinajstić information content (AvgIpc) is 3.43. The van der Waals surface area contributed by atoms with Crippen LogP contribution in [0.15, 0.2) is 55.1 Å². The molecule has 1 atom stereocenters. The van der Waals surface area contributed by atoms with E-state index >= 15 is 0 Å². The molecule has 2 aromatic carbocycles. The van der Waals surface area contributed by atoms with E-state index in [0.29, 0.717) is 17.3 Å². The molecule has 7 nitrogen and oxygen atoms in total. The molecule has 30 heavy (non-hydrogen) atoms. The lowest BCUT2D eigenvalue weighted by Crippen LogP contribution is -3.08. The molecule has 3 aromatic rings. The largest absolute Gasteiger partial charge is 0.371 e. The molecule has 1 unspecified atom stereocenters. The maximum atomic E-state index is 12.8. The number of nitrogens with one attached hydrogen (secondary N) is 2. The van der Waals surface area contributed by atoms with E-state index in [1.165, 1.54) is 30.4 Å². The molecular weight excluding hydrogens is 400 g/mol. The molecular formula is C22H26ClN6O+. The molecule has 1 aliphatic rings. The second-order valence-corrected chi connectivity index (χ2v) is 8.12. The number of likely N-dealkylation sites (N-methyl/N-ethyl adjacent to an activating group) is 1. The van der Waals surface area contributed by atoms with Gasteiger partial charge in [-0.3, -0.25) is 4.79 Å². The number of nitrogens with zero attached hydrogens (tertiary/aromatic N) is 4. The van der Waals surface area contributed by atoms with Crippen molar-refractivity contribution < 1.29 is 9.69 Å². The molecule has 4 rings (SSSR count). The van der Waals surface area contributed by atoms with Crippen molar-refractivity contribution in [1.29, 1.82) is 0 Å². The SMILES string of the molecule is C[NH+](CC(=O)Nc1cc(Cl)ccc1-n1cncn1)Cc1ccccc1N1CCCC1. The second-order valence-electron chi connectivity index (χ2n) is 7.68. The van der Waals surface area contributed by atoms with Gasteiger partial charge in [-0.25, -0.2) is 9.67 Å². The molecule has 2 N–H and O–H groups in total. The topological polar surface area (TPSA) is 67.5 Å². The van der Waals surface area contributed by atoms with Crippen LogP contribution in [-0.4, -0.2) is 47.4 Å². The number of benzene rings is 2. The predicted octanol–water partition coefficient (Wildman–Crippen LogP) is 2.17. The maximum absolute atomic E-state index is 12.8. The molecule has 1 amide bonds. The summed E-state index contributed by atoms with van der Waals surface area (Å²) in [5.74, 6) is -0.0743. The number of carbonyl (C=O) groups is 1. The van der Waals surface area contributed by atoms with E-state index < -0.39 is 0 Å². The van der Waals surface area contributed by atoms with Crippen molar-refractivity contribution in [3.63, 3.8) is 0 Å². The molecule has 2 heterocycles. The molecule has 8 heteroatoms. The van der Waals surface area contributed by atoms with Crippen molar-refractivity contribution >= 4 is 28.9 Å². The highest BCUT2D eigenvalue weighted by atomic mass is 35.5. The van der Waals surface area contributed by atoms with Gasteiger partial charge >= 0.3 is 0 Å². The first kappa shape index (κ1) is 20.4. The number of halogens is 1. The molecule has 1 saturated heterocycles. The summed E-state index contributed by atoms with van der Waals surface area (Å²) in [6.07, 6.45) is 5.53. The lowest BCUT2D eigenvalue weighted by Gasteiger charge is -2.23. The Labute approximate surface area is 181 Å². The summed E-state index contributed by atoms with van der Waals surface area (Å²) in [5, 5.41) is 7.68. The van der Waals surface area contributed by atoms with Gasteiger partial charge in [0, 0.05) is 29.4 Å². The highest BCUT2D eigenvalue weighted by Gasteiger charge is 2.19. The van der Waals surface area contributed by atoms with Crippen LogP contribution in [0.4, 0.5) is 11.4 Å². The number of carbonyl (C=O) groups excluding carboxylic acids is 1. The number of quaternary nitrogens is 1. The number of hydrogen-bond donors (Lipinski definition) is 2. The summed E-state index contributed by atoms with van der Waals surface area (Å²) in [6, 6.07) is 13.8. The average molecular weight is 426 g/mol. The molecule has 0 saturated carbocycles. The van der Waals surface area contributed by atoms with Crippen molar-refractivity contribution in [3.8, 4) is 5.69 Å². The van der Waals surface area contributed by atoms with Crippen molar-refractivity contribution in [2.45, 2.75) is 19.4 Å². The zero-order valence-electron chi connectivity index (χ0n) is 17.0. The first-order chi connectivity index (χ1) is 14.6. The van der Waals surface area contributed by atoms with Crippen LogP contribution in [0.1, 0.15) is 18.4 Å². The van der Waals surface area contributed by atoms with Crippen LogP contribution in [0.5, 0.6) is 0 Å². The van der Waals surface area contributed by atoms with Crippen LogP contribution >= 0.6 is 11.6 Å². The Morgan fingerprint density at radius 3 is 2.73 bits per heavy atom. The van der Waals surface area contributed by atoms with Gasteiger partial charge in [0.25, 0.3) is 5.91 Å². The molecule has 0 radical (unpaired) electrons. The Bertz CT molecular complexity index is 1000. The minimum absolute atomic E-state index is 0.0743. The normalized spacial score (nSPS) is 14.7. The van der Waals surface area contributed by atoms with Gasteiger partial charge < -0.3 is 15.1 Å². The third-order valence-corrected chi connectivity index (χ3v) is 5.53. The summed E-state index contributed by atoms with van der Waals surface area (Å²) in [7, 11) is 2.04. The van der Waals surface area contributed by atoms with E-state index in [9.17, 15) is 4.79 Å². The molecule has 1 fully saturated rings. The molecule has 156 valence electrons. The first-order valence-electron chi connectivity index (χ1n) is 10.2. The van der Waals surface area contributed by atoms with Gasteiger partial charge in [-0.15, -0.1) is 0 Å². The van der Waals surface area contributed by atoms with E-state index in [0.717, 1.165) is 30.2 Å². The molecule has 0 spiro atoms. The van der Waals surface area contributed by atoms with E-state index in [-0.39, 0.29) is 5.91 Å². The van der Waals surface area contributed by atoms with E-state index in [2.05, 4.69) is 44.6 Å². The highest BCUT2D eigenvalue weighted by molar-refractivity contribution is 6.31. The number of anilines is 2. The maximum Gasteiger partial charge on any atom is 0.279 e. The Balaban J connectivity index is 1.43. The summed E-state index contributed by atoms with van der Waals surface area (Å²) in [5.41, 5.74) is 3.90. The van der Waals surface area contributed by atoms with Crippen LogP contribution in [0.3, 0.4) is 0 Å². The summed E-state index contributed by atoms with van der Waals surface area (Å²) < 4.78 is 1.61. The van der Waals surface area contributed by atoms with Crippen LogP contribution in [0.25, 0.3) is 5.69 Å². The summed E-state index contributed by atoms with van der Waals surface area (Å²) >= 11 is 6.15. The standard InChI is InChI=1S/C22H25ClN6O/c1-27(13-17-6-2-3-7-20(17)28-10-4-5-11-28)14-22(30)26-19-12-18(23)8-9-21(19)29-16-24-15-25-29/h2-3,6-9,12,15-16H,4-5,10-11,13-14H2,1H3,(H,26,30)/p+1. The van der Waals surface area contributed by atoms with Crippen LogP contribution in [-0.2, 0) is 11.3 Å². The minimum Gasteiger partial charge on any atom is -0.371 e. The third kappa shape index (κ3) is 4.80. The number of rotatable bonds is 7. The van der Waals surface area contributed by atoms with Gasteiger partial charge in [0.1, 0.15) is 19.2 Å². The Morgan fingerprint density at radius 1 is 1.17 bits per heavy atom. The number of aromatic nitrogens is 3. The highest BCUT2D eigenvalue weighted by Crippen LogP contribution is 2.25. The molecule has 0 bridgehead atoms. The molecule has 1 aromatic heterocycles. The van der Waals surface area contributed by atoms with Crippen LogP contribution in [0.2, 0.25) is 5.02 Å². The second kappa shape index (κ2) is 9.28. The van der Waals surface area contributed by atoms with Crippen LogP contribution in [0, 0.1) is 0 Å². The third-order valence-electron chi connectivity index (χ3n) is 5.29. The zero-order chi connectivity index (χ0) is 20.9. The lowest BCUT2D eigenvalue weighted by atomic mass is 10.1. The van der Waals surface area contributed by atoms with Gasteiger partial charge in [-0.05, 0) is 37.1 Å². The quantitative estimate of drug-likeness (QED) is 0.608. The van der Waals surface area contributed by atoms with Gasteiger partial charge in [-0.1, -0.05) is 29.8 Å². The van der Waals surface area contributed by atoms with E-state index in [1.54, 1.807) is 23.1 Å². The van der Waals surface area contributed by atoms with Gasteiger partial charge in [0.15, 0.2) is 6.54 Å². The fourth-order valence-electron chi connectivity index (χ4n) is 3.92. The van der Waals surface area contributed by atoms with E-state index in [4.69, 9.17) is 11.6 Å². The van der Waals surface area contributed by atoms with Gasteiger partial charge in [0.2, 0.25) is 0 Å². The Hall–Kier alpha value is -2.90. The minimum atomic E-state index is -0.0743. The molecule has 1 aliphatic heterocycles. The fourth-order valence-corrected chi connectivity index (χ4v) is 4.10. The number of amides is 1. The number of hydrogen-bond acceptors (Lipinski definition) is 4. The Morgan fingerprint density at radius 2 is 1.97 bits per heavy atom. The zero-order valence-corrected chi connectivity index (χ0v) is 17.8.